The molecule has 2 aliphatic rings. The van der Waals surface area contributed by atoms with Gasteiger partial charge in [0.1, 0.15) is 11.3 Å². The maximum atomic E-state index is 14.8. The van der Waals surface area contributed by atoms with Crippen LogP contribution in [0.3, 0.4) is 0 Å². The van der Waals surface area contributed by atoms with Gasteiger partial charge >= 0.3 is 12.4 Å². The molecule has 40 heavy (non-hydrogen) atoms. The Morgan fingerprint density at radius 2 is 1.90 bits per heavy atom. The van der Waals surface area contributed by atoms with E-state index in [9.17, 15) is 35.5 Å². The lowest BCUT2D eigenvalue weighted by atomic mass is 9.85. The maximum absolute atomic E-state index is 14.8. The molecule has 3 aromatic rings. The topological polar surface area (TPSA) is 79.7 Å². The van der Waals surface area contributed by atoms with Gasteiger partial charge in [0, 0.05) is 24.2 Å². The first-order valence-electron chi connectivity index (χ1n) is 11.5. The number of nitrogens with one attached hydrogen (secondary N) is 1. The van der Waals surface area contributed by atoms with E-state index in [4.69, 9.17) is 16.4 Å². The molecule has 3 heterocycles. The molecule has 0 aliphatic carbocycles. The standard InChI is InChI=1S/C24H17ClF7N5O2S/c1-11-4-12(2-3-15(11)20(38)34-14-8-37(9-14)21-35-33-10-40-21)18-7-22(39-36-18,24(30,31)32)16-5-13(23(27,28)29)6-17(25)19(16)26/h2-6,10,14H,7-9H2,1H3,(H,34,38)/t22-/m1/s1. The summed E-state index contributed by atoms with van der Waals surface area (Å²) in [5, 5.41) is 13.6. The summed E-state index contributed by atoms with van der Waals surface area (Å²) in [7, 11) is 0. The number of carbonyl (C=O) groups is 1. The van der Waals surface area contributed by atoms with Crippen LogP contribution in [0.1, 0.15) is 39.0 Å². The summed E-state index contributed by atoms with van der Waals surface area (Å²) in [5.74, 6) is -2.10. The first-order chi connectivity index (χ1) is 18.7. The van der Waals surface area contributed by atoms with Crippen molar-refractivity contribution in [3.63, 3.8) is 0 Å². The van der Waals surface area contributed by atoms with Crippen molar-refractivity contribution < 1.29 is 40.4 Å². The third kappa shape index (κ3) is 4.96. The zero-order chi connectivity index (χ0) is 29.0. The molecule has 1 amide bonds. The van der Waals surface area contributed by atoms with Crippen LogP contribution < -0.4 is 10.2 Å². The van der Waals surface area contributed by atoms with E-state index >= 15 is 0 Å². The van der Waals surface area contributed by atoms with Crippen molar-refractivity contribution in [2.24, 2.45) is 5.16 Å². The third-order valence-corrected chi connectivity index (χ3v) is 7.64. The molecule has 2 aromatic carbocycles. The van der Waals surface area contributed by atoms with E-state index < -0.39 is 52.2 Å². The Hall–Kier alpha value is -3.46. The molecule has 1 N–H and O–H groups in total. The lowest BCUT2D eigenvalue weighted by molar-refractivity contribution is -0.276. The largest absolute Gasteiger partial charge is 0.435 e. The van der Waals surface area contributed by atoms with Crippen LogP contribution in [0.2, 0.25) is 5.02 Å². The Labute approximate surface area is 230 Å². The van der Waals surface area contributed by atoms with Gasteiger partial charge in [-0.3, -0.25) is 4.79 Å². The summed E-state index contributed by atoms with van der Waals surface area (Å²) in [6.45, 7) is 2.62. The van der Waals surface area contributed by atoms with Crippen LogP contribution in [0.15, 0.2) is 41.0 Å². The van der Waals surface area contributed by atoms with E-state index in [-0.39, 0.29) is 35.0 Å². The second-order valence-electron chi connectivity index (χ2n) is 9.27. The number of carbonyl (C=O) groups excluding carboxylic acids is 1. The predicted octanol–water partition coefficient (Wildman–Crippen LogP) is 5.86. The average Bonchev–Trinajstić information content (AvgIpc) is 3.53. The van der Waals surface area contributed by atoms with Crippen molar-refractivity contribution in [3.05, 3.63) is 74.5 Å². The number of benzene rings is 2. The normalized spacial score (nSPS) is 19.7. The van der Waals surface area contributed by atoms with Crippen molar-refractivity contribution in [3.8, 4) is 0 Å². The lowest BCUT2D eigenvalue weighted by Gasteiger charge is -2.39. The highest BCUT2D eigenvalue weighted by Gasteiger charge is 2.64. The molecule has 7 nitrogen and oxygen atoms in total. The highest BCUT2D eigenvalue weighted by atomic mass is 35.5. The molecule has 0 radical (unpaired) electrons. The summed E-state index contributed by atoms with van der Waals surface area (Å²) < 4.78 is 97.6. The minimum Gasteiger partial charge on any atom is -0.374 e. The third-order valence-electron chi connectivity index (χ3n) is 6.62. The van der Waals surface area contributed by atoms with Crippen molar-refractivity contribution in [1.82, 2.24) is 15.5 Å². The molecule has 2 aliphatic heterocycles. The van der Waals surface area contributed by atoms with Gasteiger partial charge in [-0.25, -0.2) is 4.39 Å². The molecule has 0 spiro atoms. The Morgan fingerprint density at radius 1 is 1.18 bits per heavy atom. The number of hydrogen-bond acceptors (Lipinski definition) is 7. The van der Waals surface area contributed by atoms with Gasteiger partial charge in [-0.15, -0.1) is 10.2 Å². The summed E-state index contributed by atoms with van der Waals surface area (Å²) in [5.41, 5.74) is -4.49. The number of aryl methyl sites for hydroxylation is 1. The van der Waals surface area contributed by atoms with Crippen molar-refractivity contribution in [1.29, 1.82) is 0 Å². The van der Waals surface area contributed by atoms with Gasteiger partial charge in [0.25, 0.3) is 11.5 Å². The van der Waals surface area contributed by atoms with Crippen LogP contribution in [0.4, 0.5) is 35.9 Å². The zero-order valence-electron chi connectivity index (χ0n) is 20.2. The van der Waals surface area contributed by atoms with E-state index in [1.54, 1.807) is 12.4 Å². The minimum absolute atomic E-state index is 0.0262. The molecule has 1 saturated heterocycles. The second-order valence-corrected chi connectivity index (χ2v) is 10.5. The summed E-state index contributed by atoms with van der Waals surface area (Å²) in [6, 6.07) is 4.20. The fraction of sp³-hybridized carbons (Fsp3) is 0.333. The van der Waals surface area contributed by atoms with Crippen molar-refractivity contribution in [2.75, 3.05) is 18.0 Å². The molecular formula is C24H17ClF7N5O2S. The van der Waals surface area contributed by atoms with Crippen LogP contribution in [0.5, 0.6) is 0 Å². The van der Waals surface area contributed by atoms with Crippen LogP contribution in [0, 0.1) is 12.7 Å². The number of alkyl halides is 6. The van der Waals surface area contributed by atoms with E-state index in [0.29, 0.717) is 18.7 Å². The Bertz CT molecular complexity index is 1490. The number of halogens is 8. The molecular weight excluding hydrogens is 591 g/mol. The summed E-state index contributed by atoms with van der Waals surface area (Å²) in [4.78, 5) is 19.4. The van der Waals surface area contributed by atoms with Gasteiger partial charge in [0.05, 0.1) is 28.8 Å². The molecule has 5 rings (SSSR count). The quantitative estimate of drug-likeness (QED) is 0.368. The van der Waals surface area contributed by atoms with E-state index in [1.807, 2.05) is 4.90 Å². The molecule has 1 fully saturated rings. The summed E-state index contributed by atoms with van der Waals surface area (Å²) >= 11 is 6.90. The highest BCUT2D eigenvalue weighted by molar-refractivity contribution is 7.13. The first-order valence-corrected chi connectivity index (χ1v) is 12.8. The number of amides is 1. The molecule has 16 heteroatoms. The molecule has 0 saturated carbocycles. The highest BCUT2D eigenvalue weighted by Crippen LogP contribution is 2.51. The fourth-order valence-corrected chi connectivity index (χ4v) is 5.28. The minimum atomic E-state index is -5.37. The average molecular weight is 608 g/mol. The van der Waals surface area contributed by atoms with E-state index in [2.05, 4.69) is 20.7 Å². The number of rotatable bonds is 5. The van der Waals surface area contributed by atoms with Crippen LogP contribution in [-0.2, 0) is 16.6 Å². The number of nitrogens with zero attached hydrogens (tertiary/aromatic N) is 4. The van der Waals surface area contributed by atoms with Gasteiger partial charge in [0.15, 0.2) is 0 Å². The zero-order valence-corrected chi connectivity index (χ0v) is 21.8. The van der Waals surface area contributed by atoms with Crippen LogP contribution in [0.25, 0.3) is 0 Å². The monoisotopic (exact) mass is 607 g/mol. The van der Waals surface area contributed by atoms with Crippen molar-refractivity contribution in [2.45, 2.75) is 37.3 Å². The van der Waals surface area contributed by atoms with Crippen molar-refractivity contribution >= 4 is 39.7 Å². The number of anilines is 1. The SMILES string of the molecule is Cc1cc(C2=NO[C@](c3cc(C(F)(F)F)cc(Cl)c3F)(C(F)(F)F)C2)ccc1C(=O)NC1CN(c2nncs2)C1. The van der Waals surface area contributed by atoms with Gasteiger partial charge in [-0.05, 0) is 42.3 Å². The molecule has 1 aromatic heterocycles. The Kier molecular flexibility index (Phi) is 6.93. The number of aromatic nitrogens is 2. The molecule has 0 unspecified atom stereocenters. The number of hydrogen-bond donors (Lipinski definition) is 1. The lowest BCUT2D eigenvalue weighted by Crippen LogP contribution is -2.59. The summed E-state index contributed by atoms with van der Waals surface area (Å²) in [6.07, 6.45) is -11.6. The Morgan fingerprint density at radius 3 is 2.50 bits per heavy atom. The van der Waals surface area contributed by atoms with E-state index in [1.165, 1.54) is 29.5 Å². The fourth-order valence-electron chi connectivity index (χ4n) is 4.48. The molecule has 212 valence electrons. The van der Waals surface area contributed by atoms with Crippen LogP contribution in [-0.4, -0.2) is 47.1 Å². The van der Waals surface area contributed by atoms with Gasteiger partial charge in [-0.2, -0.15) is 26.3 Å². The van der Waals surface area contributed by atoms with Crippen LogP contribution >= 0.6 is 22.9 Å². The van der Waals surface area contributed by atoms with Gasteiger partial charge in [-0.1, -0.05) is 34.2 Å². The Balaban J connectivity index is 1.36. The van der Waals surface area contributed by atoms with Gasteiger partial charge < -0.3 is 15.1 Å². The number of oxime groups is 1. The smallest absolute Gasteiger partial charge is 0.374 e. The second kappa shape index (κ2) is 9.87. The molecule has 0 bridgehead atoms. The van der Waals surface area contributed by atoms with Gasteiger partial charge in [0.2, 0.25) is 5.13 Å². The predicted molar refractivity (Wildman–Crippen MR) is 131 cm³/mol. The molecule has 1 atom stereocenters. The first kappa shape index (κ1) is 28.1. The maximum Gasteiger partial charge on any atom is 0.435 e. The van der Waals surface area contributed by atoms with E-state index in [0.717, 1.165) is 5.13 Å².